The Morgan fingerprint density at radius 1 is 1.00 bits per heavy atom. The van der Waals surface area contributed by atoms with Crippen LogP contribution in [-0.4, -0.2) is 50.0 Å². The predicted molar refractivity (Wildman–Crippen MR) is 153 cm³/mol. The van der Waals surface area contributed by atoms with Crippen LogP contribution >= 0.6 is 0 Å². The molecule has 0 saturated carbocycles. The maximum absolute atomic E-state index is 13.4. The molecule has 0 radical (unpaired) electrons. The molecule has 1 aliphatic heterocycles. The van der Waals surface area contributed by atoms with Crippen LogP contribution < -0.4 is 24.8 Å². The van der Waals surface area contributed by atoms with Crippen LogP contribution in [0, 0.1) is 0 Å². The summed E-state index contributed by atoms with van der Waals surface area (Å²) in [6.07, 6.45) is 1.28. The average Bonchev–Trinajstić information content (AvgIpc) is 2.94. The van der Waals surface area contributed by atoms with E-state index in [4.69, 9.17) is 14.2 Å². The molecule has 0 fully saturated rings. The van der Waals surface area contributed by atoms with Crippen LogP contribution in [0.15, 0.2) is 66.7 Å². The highest BCUT2D eigenvalue weighted by molar-refractivity contribution is 5.95. The largest absolute Gasteiger partial charge is 0.497 e. The lowest BCUT2D eigenvalue weighted by molar-refractivity contribution is 0.0829. The van der Waals surface area contributed by atoms with E-state index in [-0.39, 0.29) is 5.91 Å². The minimum atomic E-state index is -0.827. The molecule has 0 aliphatic carbocycles. The Balaban J connectivity index is 1.53. The first-order valence-corrected chi connectivity index (χ1v) is 13.7. The molecule has 208 valence electrons. The summed E-state index contributed by atoms with van der Waals surface area (Å²) < 4.78 is 17.3. The Hall–Kier alpha value is -3.55. The van der Waals surface area contributed by atoms with Gasteiger partial charge >= 0.3 is 0 Å². The quantitative estimate of drug-likeness (QED) is 0.403. The van der Waals surface area contributed by atoms with Crippen LogP contribution in [0.25, 0.3) is 0 Å². The molecule has 0 aromatic heterocycles. The van der Waals surface area contributed by atoms with Gasteiger partial charge in [-0.1, -0.05) is 50.2 Å². The second-order valence-corrected chi connectivity index (χ2v) is 10.3. The van der Waals surface area contributed by atoms with Crippen LogP contribution in [-0.2, 0) is 13.0 Å². The summed E-state index contributed by atoms with van der Waals surface area (Å²) in [6.45, 7) is 6.38. The number of aliphatic hydroxyl groups is 1. The molecule has 1 amide bonds. The van der Waals surface area contributed by atoms with E-state index in [1.165, 1.54) is 5.56 Å². The molecule has 7 nitrogen and oxygen atoms in total. The van der Waals surface area contributed by atoms with Crippen molar-refractivity contribution in [2.75, 3.05) is 26.9 Å². The Kier molecular flexibility index (Phi) is 10.2. The third-order valence-electron chi connectivity index (χ3n) is 6.89. The molecule has 3 N–H and O–H groups in total. The van der Waals surface area contributed by atoms with Crippen molar-refractivity contribution >= 4 is 5.91 Å². The normalized spacial score (nSPS) is 17.1. The van der Waals surface area contributed by atoms with Gasteiger partial charge in [0.15, 0.2) is 0 Å². The van der Waals surface area contributed by atoms with E-state index in [1.54, 1.807) is 25.3 Å². The summed E-state index contributed by atoms with van der Waals surface area (Å²) in [6, 6.07) is 20.9. The number of hydrogen-bond donors (Lipinski definition) is 3. The zero-order valence-electron chi connectivity index (χ0n) is 23.1. The lowest BCUT2D eigenvalue weighted by Gasteiger charge is -2.25. The molecule has 3 aromatic rings. The predicted octanol–water partition coefficient (Wildman–Crippen LogP) is 4.86. The van der Waals surface area contributed by atoms with E-state index in [1.807, 2.05) is 24.3 Å². The van der Waals surface area contributed by atoms with Crippen molar-refractivity contribution < 1.29 is 24.1 Å². The fourth-order valence-electron chi connectivity index (χ4n) is 4.61. The molecule has 1 aliphatic rings. The van der Waals surface area contributed by atoms with Crippen LogP contribution in [0.1, 0.15) is 59.7 Å². The molecular formula is C32H40N2O5. The molecular weight excluding hydrogens is 492 g/mol. The highest BCUT2D eigenvalue weighted by Gasteiger charge is 2.23. The van der Waals surface area contributed by atoms with E-state index in [2.05, 4.69) is 48.7 Å². The van der Waals surface area contributed by atoms with Crippen LogP contribution in [0.3, 0.4) is 0 Å². The average molecular weight is 533 g/mol. The number of rotatable bonds is 7. The van der Waals surface area contributed by atoms with Gasteiger partial charge in [0, 0.05) is 24.7 Å². The molecule has 4 rings (SSSR count). The van der Waals surface area contributed by atoms with E-state index in [9.17, 15) is 9.90 Å². The van der Waals surface area contributed by atoms with Crippen LogP contribution in [0.2, 0.25) is 0 Å². The van der Waals surface area contributed by atoms with Gasteiger partial charge in [0.05, 0.1) is 32.5 Å². The summed E-state index contributed by atoms with van der Waals surface area (Å²) in [4.78, 5) is 13.4. The summed E-state index contributed by atoms with van der Waals surface area (Å²) in [5, 5.41) is 17.7. The standard InChI is InChI=1S/C32H40N2O5/c1-22(2)25-10-6-9-24(14-25)20-33-21-31(35)30-16-23-8-7-11-27(15-23)38-12-4-5-13-39-29-18-26(32(36)34-30)17-28(19-29)37-3/h6-11,14-15,17-19,22,30-31,33,35H,4-5,12-13,16,20-21H2,1-3H3,(H,34,36)/t30-,31+/m0/s1. The van der Waals surface area contributed by atoms with Crippen molar-refractivity contribution in [3.63, 3.8) is 0 Å². The molecule has 0 unspecified atom stereocenters. The molecule has 0 saturated heterocycles. The number of hydrogen-bond acceptors (Lipinski definition) is 6. The Labute approximate surface area is 231 Å². The second kappa shape index (κ2) is 14.0. The third-order valence-corrected chi connectivity index (χ3v) is 6.89. The monoisotopic (exact) mass is 532 g/mol. The molecule has 3 aromatic carbocycles. The molecule has 0 spiro atoms. The number of fused-ring (bicyclic) bond motifs is 4. The minimum absolute atomic E-state index is 0.299. The third kappa shape index (κ3) is 8.47. The number of benzene rings is 3. The first-order chi connectivity index (χ1) is 18.9. The number of ether oxygens (including phenoxy) is 3. The van der Waals surface area contributed by atoms with E-state index in [0.717, 1.165) is 29.7 Å². The summed E-state index contributed by atoms with van der Waals surface area (Å²) in [7, 11) is 1.56. The van der Waals surface area contributed by atoms with Crippen molar-refractivity contribution in [3.05, 3.63) is 89.0 Å². The van der Waals surface area contributed by atoms with Gasteiger partial charge in [-0.3, -0.25) is 4.79 Å². The minimum Gasteiger partial charge on any atom is -0.497 e. The maximum atomic E-state index is 13.4. The topological polar surface area (TPSA) is 89.1 Å². The number of carbonyl (C=O) groups excluding carboxylic acids is 1. The van der Waals surface area contributed by atoms with Crippen molar-refractivity contribution in [2.24, 2.45) is 0 Å². The summed E-state index contributed by atoms with van der Waals surface area (Å²) in [5.41, 5.74) is 3.83. The summed E-state index contributed by atoms with van der Waals surface area (Å²) in [5.74, 6) is 2.04. The van der Waals surface area contributed by atoms with Crippen molar-refractivity contribution in [3.8, 4) is 17.2 Å². The lowest BCUT2D eigenvalue weighted by Crippen LogP contribution is -2.48. The van der Waals surface area contributed by atoms with Gasteiger partial charge in [-0.2, -0.15) is 0 Å². The Morgan fingerprint density at radius 2 is 1.77 bits per heavy atom. The van der Waals surface area contributed by atoms with Gasteiger partial charge in [-0.15, -0.1) is 0 Å². The van der Waals surface area contributed by atoms with Gasteiger partial charge < -0.3 is 30.0 Å². The number of carbonyl (C=O) groups is 1. The molecule has 39 heavy (non-hydrogen) atoms. The van der Waals surface area contributed by atoms with E-state index in [0.29, 0.717) is 55.7 Å². The highest BCUT2D eigenvalue weighted by Crippen LogP contribution is 2.24. The van der Waals surface area contributed by atoms with Crippen molar-refractivity contribution in [2.45, 2.75) is 57.7 Å². The SMILES string of the molecule is COc1cc2cc(c1)C(=O)N[C@H]([C@H](O)CNCc1cccc(C(C)C)c1)Cc1cccc(c1)OCCCCO2. The van der Waals surface area contributed by atoms with E-state index >= 15 is 0 Å². The van der Waals surface area contributed by atoms with Gasteiger partial charge in [0.2, 0.25) is 0 Å². The molecule has 2 atom stereocenters. The van der Waals surface area contributed by atoms with Crippen LogP contribution in [0.4, 0.5) is 0 Å². The molecule has 4 bridgehead atoms. The fourth-order valence-corrected chi connectivity index (χ4v) is 4.61. The first-order valence-electron chi connectivity index (χ1n) is 13.7. The lowest BCUT2D eigenvalue weighted by atomic mass is 9.99. The fraction of sp³-hybridized carbons (Fsp3) is 0.406. The van der Waals surface area contributed by atoms with Gasteiger partial charge in [0.1, 0.15) is 17.2 Å². The number of methoxy groups -OCH3 is 1. The molecule has 7 heteroatoms. The van der Waals surface area contributed by atoms with Gasteiger partial charge in [0.25, 0.3) is 5.91 Å². The number of amides is 1. The smallest absolute Gasteiger partial charge is 0.251 e. The summed E-state index contributed by atoms with van der Waals surface area (Å²) >= 11 is 0. The zero-order valence-corrected chi connectivity index (χ0v) is 23.1. The highest BCUT2D eigenvalue weighted by atomic mass is 16.5. The maximum Gasteiger partial charge on any atom is 0.251 e. The van der Waals surface area contributed by atoms with Crippen molar-refractivity contribution in [1.29, 1.82) is 0 Å². The Bertz CT molecular complexity index is 1230. The number of aliphatic hydroxyl groups excluding tert-OH is 1. The van der Waals surface area contributed by atoms with Crippen LogP contribution in [0.5, 0.6) is 17.2 Å². The van der Waals surface area contributed by atoms with Gasteiger partial charge in [-0.05, 0) is 66.1 Å². The number of nitrogens with one attached hydrogen (secondary N) is 2. The first kappa shape index (κ1) is 28.5. The second-order valence-electron chi connectivity index (χ2n) is 10.3. The van der Waals surface area contributed by atoms with E-state index < -0.39 is 12.1 Å². The van der Waals surface area contributed by atoms with Crippen molar-refractivity contribution in [1.82, 2.24) is 10.6 Å². The zero-order chi connectivity index (χ0) is 27.6. The van der Waals surface area contributed by atoms with Gasteiger partial charge in [-0.25, -0.2) is 0 Å². The Morgan fingerprint density at radius 3 is 2.54 bits per heavy atom. The molecule has 1 heterocycles.